The van der Waals surface area contributed by atoms with Crippen LogP contribution in [0.15, 0.2) is 47.4 Å². The number of nitrogens with zero attached hydrogens (tertiary/aromatic N) is 1. The van der Waals surface area contributed by atoms with Gasteiger partial charge in [0.1, 0.15) is 6.26 Å². The number of benzene rings is 1. The van der Waals surface area contributed by atoms with E-state index in [2.05, 4.69) is 34.4 Å². The number of carbonyl (C=O) groups excluding carboxylic acids is 1. The molecule has 1 fully saturated rings. The number of fused-ring (bicyclic) bond motifs is 1. The second kappa shape index (κ2) is 9.31. The van der Waals surface area contributed by atoms with Gasteiger partial charge in [0.2, 0.25) is 0 Å². The van der Waals surface area contributed by atoms with E-state index in [4.69, 9.17) is 4.42 Å². The summed E-state index contributed by atoms with van der Waals surface area (Å²) >= 11 is 0. The van der Waals surface area contributed by atoms with Crippen molar-refractivity contribution in [2.45, 2.75) is 51.4 Å². The van der Waals surface area contributed by atoms with E-state index in [-0.39, 0.29) is 5.91 Å². The van der Waals surface area contributed by atoms with Gasteiger partial charge in [0.15, 0.2) is 0 Å². The van der Waals surface area contributed by atoms with Crippen molar-refractivity contribution in [3.05, 3.63) is 54.1 Å². The minimum Gasteiger partial charge on any atom is -0.472 e. The molecular formula is C24H31N3O2. The lowest BCUT2D eigenvalue weighted by molar-refractivity contribution is 0.102. The molecule has 154 valence electrons. The summed E-state index contributed by atoms with van der Waals surface area (Å²) in [5.74, 6) is 0.432. The SMILES string of the molecule is CCCCCCN1CCC(c2c[nH]c3ccc(NC(=O)c4ccoc4)cc23)CC1. The molecule has 2 aromatic heterocycles. The molecule has 3 aromatic rings. The number of hydrogen-bond donors (Lipinski definition) is 2. The van der Waals surface area contributed by atoms with E-state index in [1.165, 1.54) is 81.6 Å². The fraction of sp³-hybridized carbons (Fsp3) is 0.458. The molecule has 1 aromatic carbocycles. The number of amides is 1. The number of carbonyl (C=O) groups is 1. The number of nitrogens with one attached hydrogen (secondary N) is 2. The lowest BCUT2D eigenvalue weighted by atomic mass is 9.89. The fourth-order valence-corrected chi connectivity index (χ4v) is 4.38. The van der Waals surface area contributed by atoms with Gasteiger partial charge in [-0.05, 0) is 74.6 Å². The molecule has 0 atom stereocenters. The monoisotopic (exact) mass is 393 g/mol. The first kappa shape index (κ1) is 19.8. The smallest absolute Gasteiger partial charge is 0.258 e. The topological polar surface area (TPSA) is 61.3 Å². The fourth-order valence-electron chi connectivity index (χ4n) is 4.38. The number of aromatic amines is 1. The van der Waals surface area contributed by atoms with Crippen molar-refractivity contribution in [1.82, 2.24) is 9.88 Å². The molecule has 4 rings (SSSR count). The zero-order valence-electron chi connectivity index (χ0n) is 17.2. The number of hydrogen-bond acceptors (Lipinski definition) is 3. The minimum atomic E-state index is -0.147. The van der Waals surface area contributed by atoms with Crippen LogP contribution in [0, 0.1) is 0 Å². The van der Waals surface area contributed by atoms with Gasteiger partial charge in [-0.3, -0.25) is 4.79 Å². The predicted octanol–water partition coefficient (Wildman–Crippen LogP) is 5.77. The van der Waals surface area contributed by atoms with E-state index >= 15 is 0 Å². The first-order valence-electron chi connectivity index (χ1n) is 10.9. The van der Waals surface area contributed by atoms with Gasteiger partial charge in [-0.25, -0.2) is 0 Å². The number of H-pyrrole nitrogens is 1. The standard InChI is InChI=1S/C24H31N3O2/c1-2-3-4-5-11-27-12-8-18(9-13-27)22-16-25-23-7-6-20(15-21(22)23)26-24(28)19-10-14-29-17-19/h6-7,10,14-18,25H,2-5,8-9,11-13H2,1H3,(H,26,28). The normalized spacial score (nSPS) is 15.8. The Hall–Kier alpha value is -2.53. The molecule has 1 aliphatic heterocycles. The maximum atomic E-state index is 12.3. The molecule has 0 saturated carbocycles. The van der Waals surface area contributed by atoms with Crippen LogP contribution < -0.4 is 5.32 Å². The van der Waals surface area contributed by atoms with Crippen LogP contribution in [0.1, 0.15) is 67.3 Å². The van der Waals surface area contributed by atoms with Crippen molar-refractivity contribution in [1.29, 1.82) is 0 Å². The second-order valence-corrected chi connectivity index (χ2v) is 8.15. The molecule has 29 heavy (non-hydrogen) atoms. The van der Waals surface area contributed by atoms with Crippen molar-refractivity contribution in [3.63, 3.8) is 0 Å². The molecule has 5 nitrogen and oxygen atoms in total. The lowest BCUT2D eigenvalue weighted by Crippen LogP contribution is -2.33. The van der Waals surface area contributed by atoms with Crippen LogP contribution in [0.2, 0.25) is 0 Å². The maximum absolute atomic E-state index is 12.3. The third-order valence-electron chi connectivity index (χ3n) is 6.11. The number of furan rings is 1. The average molecular weight is 394 g/mol. The van der Waals surface area contributed by atoms with Crippen LogP contribution in [-0.4, -0.2) is 35.4 Å². The van der Waals surface area contributed by atoms with Crippen molar-refractivity contribution >= 4 is 22.5 Å². The van der Waals surface area contributed by atoms with Gasteiger partial charge in [0, 0.05) is 22.8 Å². The Morgan fingerprint density at radius 2 is 2.07 bits per heavy atom. The summed E-state index contributed by atoms with van der Waals surface area (Å²) in [5, 5.41) is 4.19. The van der Waals surface area contributed by atoms with Gasteiger partial charge in [-0.2, -0.15) is 0 Å². The van der Waals surface area contributed by atoms with Gasteiger partial charge in [0.25, 0.3) is 5.91 Å². The summed E-state index contributed by atoms with van der Waals surface area (Å²) in [6.07, 6.45) is 12.9. The molecule has 2 N–H and O–H groups in total. The number of piperidine rings is 1. The van der Waals surface area contributed by atoms with E-state index in [0.29, 0.717) is 11.5 Å². The van der Waals surface area contributed by atoms with Crippen LogP contribution in [0.3, 0.4) is 0 Å². The molecule has 3 heterocycles. The van der Waals surface area contributed by atoms with Gasteiger partial charge in [-0.1, -0.05) is 26.2 Å². The Morgan fingerprint density at radius 3 is 2.83 bits per heavy atom. The van der Waals surface area contributed by atoms with E-state index in [0.717, 1.165) is 11.2 Å². The highest BCUT2D eigenvalue weighted by Crippen LogP contribution is 2.34. The zero-order valence-corrected chi connectivity index (χ0v) is 17.2. The van der Waals surface area contributed by atoms with Crippen molar-refractivity contribution in [2.24, 2.45) is 0 Å². The first-order valence-corrected chi connectivity index (χ1v) is 10.9. The van der Waals surface area contributed by atoms with Gasteiger partial charge >= 0.3 is 0 Å². The van der Waals surface area contributed by atoms with E-state index in [9.17, 15) is 4.79 Å². The summed E-state index contributed by atoms with van der Waals surface area (Å²) in [4.78, 5) is 18.3. The third-order valence-corrected chi connectivity index (χ3v) is 6.11. The van der Waals surface area contributed by atoms with Crippen molar-refractivity contribution < 1.29 is 9.21 Å². The molecule has 1 amide bonds. The number of rotatable bonds is 8. The van der Waals surface area contributed by atoms with E-state index < -0.39 is 0 Å². The Kier molecular flexibility index (Phi) is 6.35. The quantitative estimate of drug-likeness (QED) is 0.477. The van der Waals surface area contributed by atoms with E-state index in [1.54, 1.807) is 6.07 Å². The van der Waals surface area contributed by atoms with Gasteiger partial charge in [0.05, 0.1) is 11.8 Å². The molecule has 5 heteroatoms. The first-order chi connectivity index (χ1) is 14.2. The lowest BCUT2D eigenvalue weighted by Gasteiger charge is -2.32. The second-order valence-electron chi connectivity index (χ2n) is 8.15. The molecule has 0 aliphatic carbocycles. The highest BCUT2D eigenvalue weighted by Gasteiger charge is 2.22. The Morgan fingerprint density at radius 1 is 1.21 bits per heavy atom. The molecule has 0 unspecified atom stereocenters. The summed E-state index contributed by atoms with van der Waals surface area (Å²) in [7, 11) is 0. The van der Waals surface area contributed by atoms with Crippen LogP contribution in [0.25, 0.3) is 10.9 Å². The number of unbranched alkanes of at least 4 members (excludes halogenated alkanes) is 3. The number of aromatic nitrogens is 1. The number of likely N-dealkylation sites (tertiary alicyclic amines) is 1. The van der Waals surface area contributed by atoms with Crippen LogP contribution in [-0.2, 0) is 0 Å². The van der Waals surface area contributed by atoms with Crippen LogP contribution >= 0.6 is 0 Å². The third kappa shape index (κ3) is 4.73. The molecule has 0 radical (unpaired) electrons. The summed E-state index contributed by atoms with van der Waals surface area (Å²) < 4.78 is 5.00. The Labute approximate surface area is 172 Å². The number of anilines is 1. The van der Waals surface area contributed by atoms with Crippen molar-refractivity contribution in [2.75, 3.05) is 25.0 Å². The molecule has 0 bridgehead atoms. The highest BCUT2D eigenvalue weighted by molar-refractivity contribution is 6.05. The van der Waals surface area contributed by atoms with Gasteiger partial charge < -0.3 is 19.6 Å². The highest BCUT2D eigenvalue weighted by atomic mass is 16.3. The van der Waals surface area contributed by atoms with Crippen LogP contribution in [0.4, 0.5) is 5.69 Å². The average Bonchev–Trinajstić information content (AvgIpc) is 3.42. The Balaban J connectivity index is 1.40. The predicted molar refractivity (Wildman–Crippen MR) is 118 cm³/mol. The van der Waals surface area contributed by atoms with E-state index in [1.807, 2.05) is 12.1 Å². The maximum Gasteiger partial charge on any atom is 0.258 e. The zero-order chi connectivity index (χ0) is 20.1. The molecule has 1 saturated heterocycles. The molecule has 1 aliphatic rings. The minimum absolute atomic E-state index is 0.147. The molecular weight excluding hydrogens is 362 g/mol. The summed E-state index contributed by atoms with van der Waals surface area (Å²) in [6, 6.07) is 7.76. The van der Waals surface area contributed by atoms with Gasteiger partial charge in [-0.15, -0.1) is 0 Å². The van der Waals surface area contributed by atoms with Crippen molar-refractivity contribution in [3.8, 4) is 0 Å². The summed E-state index contributed by atoms with van der Waals surface area (Å²) in [5.41, 5.74) is 3.86. The summed E-state index contributed by atoms with van der Waals surface area (Å²) in [6.45, 7) is 5.87. The van der Waals surface area contributed by atoms with Crippen LogP contribution in [0.5, 0.6) is 0 Å². The Bertz CT molecular complexity index is 921. The largest absolute Gasteiger partial charge is 0.472 e. The molecule has 0 spiro atoms.